The largest absolute Gasteiger partial charge is 0.437 e. The van der Waals surface area contributed by atoms with Crippen LogP contribution in [0.5, 0.6) is 11.6 Å². The Kier molecular flexibility index (Phi) is 5.66. The number of amides is 1. The highest BCUT2D eigenvalue weighted by Crippen LogP contribution is 2.34. The van der Waals surface area contributed by atoms with Gasteiger partial charge in [-0.25, -0.2) is 18.1 Å². The van der Waals surface area contributed by atoms with Crippen molar-refractivity contribution in [3.05, 3.63) is 88.4 Å². The second-order valence-electron chi connectivity index (χ2n) is 8.02. The molecule has 0 saturated carbocycles. The fraction of sp³-hybridized carbons (Fsp3) is 0.0800. The number of sulfonamides is 1. The summed E-state index contributed by atoms with van der Waals surface area (Å²) in [6, 6.07) is 17.9. The molecule has 0 fully saturated rings. The van der Waals surface area contributed by atoms with Gasteiger partial charge in [0, 0.05) is 22.9 Å². The maximum absolute atomic E-state index is 13.2. The number of carbonyl (C=O) groups is 1. The smallest absolute Gasteiger partial charge is 0.264 e. The number of nitrogens with zero attached hydrogens (tertiary/aromatic N) is 2. The van der Waals surface area contributed by atoms with Crippen molar-refractivity contribution in [2.45, 2.75) is 18.7 Å². The van der Waals surface area contributed by atoms with Crippen molar-refractivity contribution in [1.82, 2.24) is 9.97 Å². The number of halogens is 1. The molecule has 4 aromatic rings. The number of fused-ring (bicyclic) bond motifs is 6. The second-order valence-corrected chi connectivity index (χ2v) is 10.1. The predicted molar refractivity (Wildman–Crippen MR) is 134 cm³/mol. The first kappa shape index (κ1) is 22.8. The van der Waals surface area contributed by atoms with Gasteiger partial charge in [-0.05, 0) is 61.4 Å². The molecule has 3 aromatic carbocycles. The first-order chi connectivity index (χ1) is 16.7. The Morgan fingerprint density at radius 3 is 2.43 bits per heavy atom. The number of ether oxygens (including phenoxy) is 1. The summed E-state index contributed by atoms with van der Waals surface area (Å²) in [6.45, 7) is 3.87. The van der Waals surface area contributed by atoms with Gasteiger partial charge in [0.05, 0.1) is 15.6 Å². The molecule has 6 bridgehead atoms. The third kappa shape index (κ3) is 4.55. The molecule has 5 rings (SSSR count). The zero-order valence-electron chi connectivity index (χ0n) is 18.7. The lowest BCUT2D eigenvalue weighted by molar-refractivity contribution is 0.102. The summed E-state index contributed by atoms with van der Waals surface area (Å²) in [5.74, 6) is -0.379. The van der Waals surface area contributed by atoms with Crippen molar-refractivity contribution < 1.29 is 17.9 Å². The highest BCUT2D eigenvalue weighted by molar-refractivity contribution is 7.92. The fourth-order valence-electron chi connectivity index (χ4n) is 3.83. The van der Waals surface area contributed by atoms with Gasteiger partial charge in [-0.1, -0.05) is 35.9 Å². The quantitative estimate of drug-likeness (QED) is 0.349. The van der Waals surface area contributed by atoms with Gasteiger partial charge in [0.25, 0.3) is 15.9 Å². The molecular formula is C25H19ClN4O4S. The number of nitrogens with one attached hydrogen (secondary N) is 2. The molecule has 0 atom stereocenters. The third-order valence-electron chi connectivity index (χ3n) is 5.48. The number of aryl methyl sites for hydroxylation is 2. The molecule has 10 heteroatoms. The van der Waals surface area contributed by atoms with Crippen molar-refractivity contribution in [3.8, 4) is 22.9 Å². The van der Waals surface area contributed by atoms with E-state index in [2.05, 4.69) is 20.0 Å². The molecule has 0 unspecified atom stereocenters. The number of rotatable bonds is 1. The number of hydrogen-bond acceptors (Lipinski definition) is 6. The average Bonchev–Trinajstić information content (AvgIpc) is 2.80. The summed E-state index contributed by atoms with van der Waals surface area (Å²) in [7, 11) is -4.08. The van der Waals surface area contributed by atoms with E-state index in [9.17, 15) is 13.2 Å². The molecule has 8 nitrogen and oxygen atoms in total. The number of carbonyl (C=O) groups excluding carboxylic acids is 1. The number of hydrogen-bond donors (Lipinski definition) is 2. The van der Waals surface area contributed by atoms with E-state index in [4.69, 9.17) is 16.3 Å². The van der Waals surface area contributed by atoms with Crippen LogP contribution in [0.15, 0.2) is 71.6 Å². The number of benzene rings is 3. The van der Waals surface area contributed by atoms with Crippen LogP contribution < -0.4 is 14.8 Å². The molecule has 1 aliphatic rings. The van der Waals surface area contributed by atoms with E-state index < -0.39 is 15.9 Å². The van der Waals surface area contributed by atoms with Crippen LogP contribution >= 0.6 is 11.6 Å². The summed E-state index contributed by atoms with van der Waals surface area (Å²) in [6.07, 6.45) is 0. The van der Waals surface area contributed by atoms with Gasteiger partial charge in [-0.2, -0.15) is 4.98 Å². The molecule has 0 radical (unpaired) electrons. The van der Waals surface area contributed by atoms with Gasteiger partial charge in [0.15, 0.2) is 0 Å². The van der Waals surface area contributed by atoms with Crippen molar-refractivity contribution in [2.75, 3.05) is 10.0 Å². The van der Waals surface area contributed by atoms with Crippen LogP contribution in [-0.4, -0.2) is 24.3 Å². The fourth-order valence-corrected chi connectivity index (χ4v) is 4.97. The van der Waals surface area contributed by atoms with Crippen molar-refractivity contribution >= 4 is 39.2 Å². The van der Waals surface area contributed by atoms with Crippen molar-refractivity contribution in [1.29, 1.82) is 0 Å². The standard InChI is InChI=1S/C25H19ClN4O4S/c1-14-5-3-6-15(2)23(14)20-13-22-29-25(28-20)30-35(32,33)18-8-4-7-17(12-18)27-24(31)16-9-10-19(26)21(11-16)34-22/h3-13H,1-2H3,(H,27,31)(H,28,29,30). The maximum Gasteiger partial charge on any atom is 0.264 e. The second kappa shape index (κ2) is 8.68. The lowest BCUT2D eigenvalue weighted by Gasteiger charge is -2.16. The monoisotopic (exact) mass is 506 g/mol. The number of anilines is 2. The highest BCUT2D eigenvalue weighted by Gasteiger charge is 2.21. The van der Waals surface area contributed by atoms with Gasteiger partial charge < -0.3 is 10.1 Å². The first-order valence-corrected chi connectivity index (χ1v) is 12.4. The molecule has 2 N–H and O–H groups in total. The minimum absolute atomic E-state index is 0.0561. The van der Waals surface area contributed by atoms with E-state index in [0.29, 0.717) is 11.4 Å². The van der Waals surface area contributed by atoms with E-state index in [1.165, 1.54) is 24.3 Å². The zero-order valence-corrected chi connectivity index (χ0v) is 20.2. The van der Waals surface area contributed by atoms with Gasteiger partial charge in [-0.15, -0.1) is 0 Å². The summed E-state index contributed by atoms with van der Waals surface area (Å²) in [5, 5.41) is 2.95. The highest BCUT2D eigenvalue weighted by atomic mass is 35.5. The van der Waals surface area contributed by atoms with E-state index in [1.807, 2.05) is 32.0 Å². The van der Waals surface area contributed by atoms with Crippen LogP contribution in [0.3, 0.4) is 0 Å². The minimum atomic E-state index is -4.08. The van der Waals surface area contributed by atoms with E-state index >= 15 is 0 Å². The summed E-state index contributed by atoms with van der Waals surface area (Å²) in [4.78, 5) is 21.5. The molecule has 0 spiro atoms. The Morgan fingerprint density at radius 1 is 0.914 bits per heavy atom. The molecule has 35 heavy (non-hydrogen) atoms. The van der Waals surface area contributed by atoms with Crippen molar-refractivity contribution in [2.24, 2.45) is 0 Å². The molecule has 0 aliphatic carbocycles. The molecule has 1 aliphatic heterocycles. The molecule has 1 amide bonds. The van der Waals surface area contributed by atoms with Crippen LogP contribution in [0.2, 0.25) is 5.02 Å². The Labute approximate surface area is 207 Å². The van der Waals surface area contributed by atoms with Gasteiger partial charge >= 0.3 is 0 Å². The van der Waals surface area contributed by atoms with Crippen LogP contribution in [0.1, 0.15) is 21.5 Å². The average molecular weight is 507 g/mol. The van der Waals surface area contributed by atoms with Crippen LogP contribution in [0, 0.1) is 13.8 Å². The van der Waals surface area contributed by atoms with Gasteiger partial charge in [0.2, 0.25) is 11.8 Å². The SMILES string of the molecule is Cc1cccc(C)c1-c1cc2nc(n1)NS(=O)(=O)c1cccc(c1)NC(=O)c1ccc(Cl)c(c1)O2. The number of aromatic nitrogens is 2. The summed E-state index contributed by atoms with van der Waals surface area (Å²) in [5.41, 5.74) is 3.76. The van der Waals surface area contributed by atoms with E-state index in [1.54, 1.807) is 24.3 Å². The van der Waals surface area contributed by atoms with Crippen LogP contribution in [-0.2, 0) is 10.0 Å². The normalized spacial score (nSPS) is 14.2. The summed E-state index contributed by atoms with van der Waals surface area (Å²) >= 11 is 6.34. The lowest BCUT2D eigenvalue weighted by Crippen LogP contribution is -2.17. The van der Waals surface area contributed by atoms with Gasteiger partial charge in [-0.3, -0.25) is 4.79 Å². The lowest BCUT2D eigenvalue weighted by atomic mass is 10.00. The third-order valence-corrected chi connectivity index (χ3v) is 7.11. The van der Waals surface area contributed by atoms with Crippen LogP contribution in [0.4, 0.5) is 11.6 Å². The van der Waals surface area contributed by atoms with Crippen LogP contribution in [0.25, 0.3) is 11.3 Å². The Hall–Kier alpha value is -3.95. The molecule has 1 aromatic heterocycles. The Balaban J connectivity index is 1.75. The molecular weight excluding hydrogens is 488 g/mol. The predicted octanol–water partition coefficient (Wildman–Crippen LogP) is 5.57. The Morgan fingerprint density at radius 2 is 1.66 bits per heavy atom. The molecule has 0 saturated heterocycles. The Bertz CT molecular complexity index is 1590. The van der Waals surface area contributed by atoms with Gasteiger partial charge in [0.1, 0.15) is 5.75 Å². The first-order valence-electron chi connectivity index (χ1n) is 10.6. The summed E-state index contributed by atoms with van der Waals surface area (Å²) < 4.78 is 34.7. The molecule has 2 heterocycles. The van der Waals surface area contributed by atoms with E-state index in [0.717, 1.165) is 16.7 Å². The topological polar surface area (TPSA) is 110 Å². The zero-order chi connectivity index (χ0) is 24.7. The maximum atomic E-state index is 13.2. The molecule has 176 valence electrons. The van der Waals surface area contributed by atoms with Crippen molar-refractivity contribution in [3.63, 3.8) is 0 Å². The van der Waals surface area contributed by atoms with E-state index in [-0.39, 0.29) is 33.1 Å². The minimum Gasteiger partial charge on any atom is -0.437 e.